The standard InChI is InChI=1S/C11H18N4O4/c1-8-10(15(18)19)11(14(2)13-8)12-7-5-3-4-6-9(16)17/h12H,3-7H2,1-2H3,(H,16,17). The number of unbranched alkanes of at least 4 members (excludes halogenated alkanes) is 2. The molecule has 1 aromatic rings. The maximum absolute atomic E-state index is 10.9. The maximum atomic E-state index is 10.9. The molecule has 8 heteroatoms. The maximum Gasteiger partial charge on any atom is 0.333 e. The van der Waals surface area contributed by atoms with Crippen LogP contribution in [0.3, 0.4) is 0 Å². The van der Waals surface area contributed by atoms with Crippen molar-refractivity contribution in [2.75, 3.05) is 11.9 Å². The Bertz CT molecular complexity index is 470. The van der Waals surface area contributed by atoms with Crippen molar-refractivity contribution in [1.29, 1.82) is 0 Å². The van der Waals surface area contributed by atoms with E-state index in [9.17, 15) is 14.9 Å². The summed E-state index contributed by atoms with van der Waals surface area (Å²) in [7, 11) is 1.65. The van der Waals surface area contributed by atoms with Crippen LogP contribution in [0.4, 0.5) is 11.5 Å². The minimum Gasteiger partial charge on any atom is -0.481 e. The number of carboxylic acids is 1. The molecule has 0 unspecified atom stereocenters. The van der Waals surface area contributed by atoms with Gasteiger partial charge < -0.3 is 10.4 Å². The lowest BCUT2D eigenvalue weighted by molar-refractivity contribution is -0.384. The Morgan fingerprint density at radius 2 is 2.16 bits per heavy atom. The first kappa shape index (κ1) is 14.9. The van der Waals surface area contributed by atoms with Crippen LogP contribution in [0.15, 0.2) is 0 Å². The largest absolute Gasteiger partial charge is 0.481 e. The fourth-order valence-electron chi connectivity index (χ4n) is 1.85. The summed E-state index contributed by atoms with van der Waals surface area (Å²) in [4.78, 5) is 20.8. The molecule has 0 aliphatic carbocycles. The second-order valence-corrected chi connectivity index (χ2v) is 4.29. The number of carbonyl (C=O) groups is 1. The van der Waals surface area contributed by atoms with Gasteiger partial charge in [0.05, 0.1) is 4.92 Å². The van der Waals surface area contributed by atoms with Gasteiger partial charge in [0, 0.05) is 20.0 Å². The zero-order valence-electron chi connectivity index (χ0n) is 11.0. The molecule has 0 atom stereocenters. The predicted octanol–water partition coefficient (Wildman–Crippen LogP) is 1.69. The summed E-state index contributed by atoms with van der Waals surface area (Å²) in [6, 6.07) is 0. The van der Waals surface area contributed by atoms with Crippen LogP contribution in [0.1, 0.15) is 31.4 Å². The van der Waals surface area contributed by atoms with Crippen LogP contribution in [0.2, 0.25) is 0 Å². The number of aliphatic carboxylic acids is 1. The van der Waals surface area contributed by atoms with Crippen molar-refractivity contribution in [2.24, 2.45) is 7.05 Å². The van der Waals surface area contributed by atoms with Gasteiger partial charge in [0.15, 0.2) is 0 Å². The molecule has 0 aliphatic rings. The first-order valence-electron chi connectivity index (χ1n) is 6.07. The molecule has 0 bridgehead atoms. The Kier molecular flexibility index (Phi) is 5.28. The highest BCUT2D eigenvalue weighted by molar-refractivity contribution is 5.66. The zero-order chi connectivity index (χ0) is 14.4. The Balaban J connectivity index is 2.45. The van der Waals surface area contributed by atoms with E-state index >= 15 is 0 Å². The molecule has 0 saturated carbocycles. The summed E-state index contributed by atoms with van der Waals surface area (Å²) < 4.78 is 1.45. The predicted molar refractivity (Wildman–Crippen MR) is 69.2 cm³/mol. The number of rotatable bonds is 8. The van der Waals surface area contributed by atoms with Gasteiger partial charge in [-0.15, -0.1) is 0 Å². The Labute approximate surface area is 110 Å². The minimum atomic E-state index is -0.800. The molecule has 1 rings (SSSR count). The van der Waals surface area contributed by atoms with E-state index in [4.69, 9.17) is 5.11 Å². The number of nitrogens with one attached hydrogen (secondary N) is 1. The molecule has 0 aromatic carbocycles. The number of hydrogen-bond acceptors (Lipinski definition) is 5. The van der Waals surface area contributed by atoms with Crippen molar-refractivity contribution < 1.29 is 14.8 Å². The third-order valence-corrected chi connectivity index (χ3v) is 2.73. The van der Waals surface area contributed by atoms with Crippen LogP contribution in [0.5, 0.6) is 0 Å². The van der Waals surface area contributed by atoms with Crippen molar-refractivity contribution in [3.05, 3.63) is 15.8 Å². The molecule has 0 fully saturated rings. The highest BCUT2D eigenvalue weighted by Crippen LogP contribution is 2.27. The van der Waals surface area contributed by atoms with E-state index in [0.29, 0.717) is 24.5 Å². The molecule has 0 saturated heterocycles. The number of hydrogen-bond donors (Lipinski definition) is 2. The first-order chi connectivity index (χ1) is 8.93. The number of nitro groups is 1. The van der Waals surface area contributed by atoms with E-state index in [2.05, 4.69) is 10.4 Å². The number of anilines is 1. The summed E-state index contributed by atoms with van der Waals surface area (Å²) in [5.41, 5.74) is 0.369. The van der Waals surface area contributed by atoms with Crippen molar-refractivity contribution in [2.45, 2.75) is 32.6 Å². The normalized spacial score (nSPS) is 10.4. The molecule has 0 amide bonds. The van der Waals surface area contributed by atoms with Crippen LogP contribution >= 0.6 is 0 Å². The second-order valence-electron chi connectivity index (χ2n) is 4.29. The van der Waals surface area contributed by atoms with Crippen molar-refractivity contribution in [3.63, 3.8) is 0 Å². The number of carboxylic acid groups (broad SMARTS) is 1. The smallest absolute Gasteiger partial charge is 0.333 e. The zero-order valence-corrected chi connectivity index (χ0v) is 11.0. The summed E-state index contributed by atoms with van der Waals surface area (Å²) in [5, 5.41) is 26.4. The monoisotopic (exact) mass is 270 g/mol. The van der Waals surface area contributed by atoms with Crippen LogP contribution in [0, 0.1) is 17.0 Å². The average molecular weight is 270 g/mol. The molecule has 8 nitrogen and oxygen atoms in total. The average Bonchev–Trinajstić information content (AvgIpc) is 2.58. The van der Waals surface area contributed by atoms with E-state index in [1.165, 1.54) is 4.68 Å². The molecular weight excluding hydrogens is 252 g/mol. The minimum absolute atomic E-state index is 0.00645. The molecule has 1 aromatic heterocycles. The van der Waals surface area contributed by atoms with E-state index in [-0.39, 0.29) is 12.1 Å². The first-order valence-corrected chi connectivity index (χ1v) is 6.07. The molecule has 1 heterocycles. The number of nitrogens with zero attached hydrogens (tertiary/aromatic N) is 3. The third-order valence-electron chi connectivity index (χ3n) is 2.73. The van der Waals surface area contributed by atoms with Gasteiger partial charge in [-0.05, 0) is 19.8 Å². The highest BCUT2D eigenvalue weighted by Gasteiger charge is 2.23. The van der Waals surface area contributed by atoms with Crippen LogP contribution in [0.25, 0.3) is 0 Å². The third kappa shape index (κ3) is 4.23. The molecule has 106 valence electrons. The second kappa shape index (κ2) is 6.72. The van der Waals surface area contributed by atoms with Crippen LogP contribution in [-0.4, -0.2) is 32.3 Å². The molecule has 0 radical (unpaired) electrons. The molecule has 0 aliphatic heterocycles. The Morgan fingerprint density at radius 3 is 2.74 bits per heavy atom. The van der Waals surface area contributed by atoms with Gasteiger partial charge in [0.1, 0.15) is 5.69 Å². The molecular formula is C11H18N4O4. The lowest BCUT2D eigenvalue weighted by Crippen LogP contribution is -2.08. The lowest BCUT2D eigenvalue weighted by atomic mass is 10.2. The Hall–Kier alpha value is -2.12. The van der Waals surface area contributed by atoms with Gasteiger partial charge in [-0.2, -0.15) is 5.10 Å². The SMILES string of the molecule is Cc1nn(C)c(NCCCCCC(=O)O)c1[N+](=O)[O-]. The van der Waals surface area contributed by atoms with Gasteiger partial charge in [-0.25, -0.2) is 4.68 Å². The molecule has 2 N–H and O–H groups in total. The fourth-order valence-corrected chi connectivity index (χ4v) is 1.85. The quantitative estimate of drug-likeness (QED) is 0.422. The summed E-state index contributed by atoms with van der Waals surface area (Å²) in [6.45, 7) is 2.15. The number of aryl methyl sites for hydroxylation is 2. The molecule has 0 spiro atoms. The van der Waals surface area contributed by atoms with Crippen molar-refractivity contribution in [3.8, 4) is 0 Å². The van der Waals surface area contributed by atoms with Gasteiger partial charge in [-0.3, -0.25) is 14.9 Å². The fraction of sp³-hybridized carbons (Fsp3) is 0.636. The van der Waals surface area contributed by atoms with Crippen molar-refractivity contribution in [1.82, 2.24) is 9.78 Å². The highest BCUT2D eigenvalue weighted by atomic mass is 16.6. The number of aromatic nitrogens is 2. The van der Waals surface area contributed by atoms with E-state index in [1.807, 2.05) is 0 Å². The van der Waals surface area contributed by atoms with Gasteiger partial charge >= 0.3 is 11.7 Å². The van der Waals surface area contributed by atoms with E-state index in [0.717, 1.165) is 12.8 Å². The summed E-state index contributed by atoms with van der Waals surface area (Å²) in [5.74, 6) is -0.411. The lowest BCUT2D eigenvalue weighted by Gasteiger charge is -2.05. The topological polar surface area (TPSA) is 110 Å². The van der Waals surface area contributed by atoms with E-state index in [1.54, 1.807) is 14.0 Å². The van der Waals surface area contributed by atoms with Crippen LogP contribution in [-0.2, 0) is 11.8 Å². The molecule has 19 heavy (non-hydrogen) atoms. The van der Waals surface area contributed by atoms with Crippen molar-refractivity contribution >= 4 is 17.5 Å². The van der Waals surface area contributed by atoms with Gasteiger partial charge in [0.25, 0.3) is 0 Å². The Morgan fingerprint density at radius 1 is 1.47 bits per heavy atom. The van der Waals surface area contributed by atoms with Gasteiger partial charge in [0.2, 0.25) is 5.82 Å². The van der Waals surface area contributed by atoms with Gasteiger partial charge in [-0.1, -0.05) is 6.42 Å². The van der Waals surface area contributed by atoms with E-state index < -0.39 is 10.9 Å². The summed E-state index contributed by atoms with van der Waals surface area (Å²) >= 11 is 0. The van der Waals surface area contributed by atoms with Crippen LogP contribution < -0.4 is 5.32 Å². The summed E-state index contributed by atoms with van der Waals surface area (Å²) in [6.07, 6.45) is 2.30.